The maximum absolute atomic E-state index is 12.3. The molecule has 1 aliphatic rings. The van der Waals surface area contributed by atoms with Crippen molar-refractivity contribution in [2.45, 2.75) is 30.2 Å². The molecule has 3 rings (SSSR count). The van der Waals surface area contributed by atoms with Gasteiger partial charge in [-0.1, -0.05) is 48.2 Å². The van der Waals surface area contributed by atoms with Gasteiger partial charge in [0.2, 0.25) is 5.91 Å². The number of nitrogens with one attached hydrogen (secondary N) is 1. The lowest BCUT2D eigenvalue weighted by molar-refractivity contribution is -0.126. The zero-order valence-corrected chi connectivity index (χ0v) is 14.1. The van der Waals surface area contributed by atoms with Gasteiger partial charge in [0.05, 0.1) is 10.9 Å². The molecule has 1 aliphatic heterocycles. The summed E-state index contributed by atoms with van der Waals surface area (Å²) in [6, 6.07) is 10.3. The molecule has 1 aromatic carbocycles. The van der Waals surface area contributed by atoms with Crippen LogP contribution in [0.4, 0.5) is 0 Å². The van der Waals surface area contributed by atoms with E-state index >= 15 is 0 Å². The molecule has 1 atom stereocenters. The molecule has 1 aromatic heterocycles. The first-order valence-corrected chi connectivity index (χ1v) is 8.71. The highest BCUT2D eigenvalue weighted by Crippen LogP contribution is 2.30. The highest BCUT2D eigenvalue weighted by atomic mass is 32.2. The Morgan fingerprint density at radius 3 is 2.96 bits per heavy atom. The van der Waals surface area contributed by atoms with E-state index in [1.807, 2.05) is 30.0 Å². The molecule has 0 unspecified atom stereocenters. The predicted octanol–water partition coefficient (Wildman–Crippen LogP) is 3.19. The summed E-state index contributed by atoms with van der Waals surface area (Å²) in [4.78, 5) is 22.2. The molecule has 4 nitrogen and oxygen atoms in total. The summed E-state index contributed by atoms with van der Waals surface area (Å²) < 4.78 is 0. The fourth-order valence-electron chi connectivity index (χ4n) is 2.78. The van der Waals surface area contributed by atoms with E-state index in [9.17, 15) is 4.79 Å². The molecule has 1 amide bonds. The first-order chi connectivity index (χ1) is 11.2. The van der Waals surface area contributed by atoms with Gasteiger partial charge in [0.1, 0.15) is 0 Å². The first kappa shape index (κ1) is 15.9. The molecule has 0 saturated carbocycles. The van der Waals surface area contributed by atoms with E-state index in [-0.39, 0.29) is 11.2 Å². The van der Waals surface area contributed by atoms with Gasteiger partial charge in [0.25, 0.3) is 0 Å². The molecule has 0 bridgehead atoms. The number of carbonyl (C=O) groups is 1. The number of nitrogens with zero attached hydrogens (tertiary/aromatic N) is 2. The van der Waals surface area contributed by atoms with Crippen LogP contribution in [0.1, 0.15) is 23.4 Å². The summed E-state index contributed by atoms with van der Waals surface area (Å²) in [5.74, 6) is 0.188. The predicted molar refractivity (Wildman–Crippen MR) is 93.6 cm³/mol. The topological polar surface area (TPSA) is 49.0 Å². The lowest BCUT2D eigenvalue weighted by atomic mass is 10.1. The van der Waals surface area contributed by atoms with Crippen molar-refractivity contribution in [3.05, 3.63) is 59.9 Å². The van der Waals surface area contributed by atoms with E-state index in [1.54, 1.807) is 17.8 Å². The average molecular weight is 327 g/mol. The molecule has 1 fully saturated rings. The van der Waals surface area contributed by atoms with Gasteiger partial charge in [-0.3, -0.25) is 4.79 Å². The van der Waals surface area contributed by atoms with Crippen molar-refractivity contribution in [3.8, 4) is 0 Å². The number of hydrogen-bond donors (Lipinski definition) is 1. The van der Waals surface area contributed by atoms with Crippen molar-refractivity contribution in [1.82, 2.24) is 14.9 Å². The van der Waals surface area contributed by atoms with Gasteiger partial charge in [-0.05, 0) is 18.9 Å². The summed E-state index contributed by atoms with van der Waals surface area (Å²) >= 11 is 1.54. The molecular weight excluding hydrogens is 306 g/mol. The van der Waals surface area contributed by atoms with Crippen molar-refractivity contribution in [3.63, 3.8) is 0 Å². The highest BCUT2D eigenvalue weighted by molar-refractivity contribution is 8.00. The number of aromatic amines is 1. The minimum atomic E-state index is -0.0370. The number of likely N-dealkylation sites (tertiary alicyclic amines) is 1. The Bertz CT molecular complexity index is 696. The third kappa shape index (κ3) is 3.67. The molecule has 0 aliphatic carbocycles. The standard InChI is InChI=1S/C18H21N3OS/c1-3-10-21-11-9-16(17(21)22)23-18-19-13(2)15(20-18)12-14-7-5-4-6-8-14/h3-8,16H,1,9-12H2,2H3,(H,19,20)/t16-/m1/s1. The largest absolute Gasteiger partial charge is 0.338 e. The van der Waals surface area contributed by atoms with Gasteiger partial charge >= 0.3 is 0 Å². The number of amides is 1. The fourth-order valence-corrected chi connectivity index (χ4v) is 3.89. The van der Waals surface area contributed by atoms with E-state index in [1.165, 1.54) is 5.56 Å². The first-order valence-electron chi connectivity index (χ1n) is 7.83. The smallest absolute Gasteiger partial charge is 0.236 e. The number of thioether (sulfide) groups is 1. The minimum absolute atomic E-state index is 0.0370. The number of aromatic nitrogens is 2. The molecule has 2 heterocycles. The lowest BCUT2D eigenvalue weighted by Gasteiger charge is -2.13. The van der Waals surface area contributed by atoms with E-state index in [0.717, 1.165) is 35.9 Å². The molecule has 1 saturated heterocycles. The van der Waals surface area contributed by atoms with Crippen LogP contribution < -0.4 is 0 Å². The Kier molecular flexibility index (Phi) is 4.86. The maximum atomic E-state index is 12.3. The average Bonchev–Trinajstić information content (AvgIpc) is 3.06. The number of rotatable bonds is 6. The second-order valence-corrected chi connectivity index (χ2v) is 6.94. The van der Waals surface area contributed by atoms with Crippen LogP contribution in [0.3, 0.4) is 0 Å². The van der Waals surface area contributed by atoms with Crippen LogP contribution >= 0.6 is 11.8 Å². The monoisotopic (exact) mass is 327 g/mol. The van der Waals surface area contributed by atoms with Crippen molar-refractivity contribution in [1.29, 1.82) is 0 Å². The van der Waals surface area contributed by atoms with Gasteiger partial charge in [-0.15, -0.1) is 6.58 Å². The quantitative estimate of drug-likeness (QED) is 0.829. The molecule has 5 heteroatoms. The van der Waals surface area contributed by atoms with Gasteiger partial charge < -0.3 is 9.88 Å². The number of imidazole rings is 1. The third-order valence-corrected chi connectivity index (χ3v) is 5.17. The van der Waals surface area contributed by atoms with Crippen molar-refractivity contribution in [2.75, 3.05) is 13.1 Å². The van der Waals surface area contributed by atoms with Crippen molar-refractivity contribution in [2.24, 2.45) is 0 Å². The normalized spacial score (nSPS) is 17.7. The summed E-state index contributed by atoms with van der Waals surface area (Å²) in [5.41, 5.74) is 3.37. The Balaban J connectivity index is 1.67. The highest BCUT2D eigenvalue weighted by Gasteiger charge is 2.32. The summed E-state index contributed by atoms with van der Waals surface area (Å²) in [7, 11) is 0. The van der Waals surface area contributed by atoms with E-state index in [0.29, 0.717) is 6.54 Å². The molecule has 0 radical (unpaired) electrons. The minimum Gasteiger partial charge on any atom is -0.338 e. The van der Waals surface area contributed by atoms with Gasteiger partial charge in [0, 0.05) is 25.2 Å². The Morgan fingerprint density at radius 1 is 1.43 bits per heavy atom. The number of hydrogen-bond acceptors (Lipinski definition) is 3. The Morgan fingerprint density at radius 2 is 2.22 bits per heavy atom. The Hall–Kier alpha value is -2.01. The Labute approximate surface area is 141 Å². The number of carbonyl (C=O) groups excluding carboxylic acids is 1. The van der Waals surface area contributed by atoms with Crippen LogP contribution in [-0.4, -0.2) is 39.1 Å². The van der Waals surface area contributed by atoms with E-state index < -0.39 is 0 Å². The summed E-state index contributed by atoms with van der Waals surface area (Å²) in [6.07, 6.45) is 3.45. The maximum Gasteiger partial charge on any atom is 0.236 e. The number of H-pyrrole nitrogens is 1. The molecule has 1 N–H and O–H groups in total. The van der Waals surface area contributed by atoms with Crippen LogP contribution in [0, 0.1) is 6.92 Å². The number of benzene rings is 1. The van der Waals surface area contributed by atoms with Crippen LogP contribution in [0.5, 0.6) is 0 Å². The zero-order chi connectivity index (χ0) is 16.2. The van der Waals surface area contributed by atoms with E-state index in [4.69, 9.17) is 4.98 Å². The zero-order valence-electron chi connectivity index (χ0n) is 13.3. The SMILES string of the molecule is C=CCN1CC[C@@H](Sc2nc(Cc3ccccc3)c(C)[nH]2)C1=O. The van der Waals surface area contributed by atoms with Gasteiger partial charge in [0.15, 0.2) is 5.16 Å². The van der Waals surface area contributed by atoms with Crippen molar-refractivity contribution < 1.29 is 4.79 Å². The molecule has 0 spiro atoms. The molecular formula is C18H21N3OS. The second kappa shape index (κ2) is 7.04. The van der Waals surface area contributed by atoms with Crippen LogP contribution in [0.2, 0.25) is 0 Å². The van der Waals surface area contributed by atoms with Gasteiger partial charge in [-0.2, -0.15) is 0 Å². The summed E-state index contributed by atoms with van der Waals surface area (Å²) in [5, 5.41) is 0.803. The second-order valence-electron chi connectivity index (χ2n) is 5.74. The third-order valence-electron chi connectivity index (χ3n) is 4.03. The fraction of sp³-hybridized carbons (Fsp3) is 0.333. The van der Waals surface area contributed by atoms with Crippen LogP contribution in [0.15, 0.2) is 48.1 Å². The molecule has 2 aromatic rings. The van der Waals surface area contributed by atoms with Crippen LogP contribution in [0.25, 0.3) is 0 Å². The number of aryl methyl sites for hydroxylation is 1. The van der Waals surface area contributed by atoms with E-state index in [2.05, 4.69) is 23.7 Å². The van der Waals surface area contributed by atoms with Crippen molar-refractivity contribution >= 4 is 17.7 Å². The van der Waals surface area contributed by atoms with Crippen LogP contribution in [-0.2, 0) is 11.2 Å². The molecule has 120 valence electrons. The lowest BCUT2D eigenvalue weighted by Crippen LogP contribution is -2.28. The van der Waals surface area contributed by atoms with Gasteiger partial charge in [-0.25, -0.2) is 4.98 Å². The molecule has 23 heavy (non-hydrogen) atoms. The summed E-state index contributed by atoms with van der Waals surface area (Å²) in [6.45, 7) is 7.18.